The van der Waals surface area contributed by atoms with Gasteiger partial charge in [0.25, 0.3) is 0 Å². The number of rotatable bonds is 5. The van der Waals surface area contributed by atoms with Crippen LogP contribution in [-0.4, -0.2) is 24.6 Å². The van der Waals surface area contributed by atoms with Gasteiger partial charge in [-0.25, -0.2) is 4.79 Å². The third kappa shape index (κ3) is 2.96. The molecule has 0 aromatic heterocycles. The standard InChI is InChI=1S/C13H13ClO4/c1-3-18-13(17)10-6-4-5-9(11(10)7-15)12(14)8(2)16/h4-7,12H,3H2,1-2H3. The monoisotopic (exact) mass is 268 g/mol. The van der Waals surface area contributed by atoms with Gasteiger partial charge < -0.3 is 4.74 Å². The van der Waals surface area contributed by atoms with Crippen molar-refractivity contribution in [1.82, 2.24) is 0 Å². The van der Waals surface area contributed by atoms with Crippen molar-refractivity contribution >= 4 is 29.6 Å². The third-order valence-electron chi connectivity index (χ3n) is 2.38. The van der Waals surface area contributed by atoms with E-state index in [2.05, 4.69) is 0 Å². The normalized spacial score (nSPS) is 11.7. The second kappa shape index (κ2) is 6.31. The Balaban J connectivity index is 3.30. The summed E-state index contributed by atoms with van der Waals surface area (Å²) >= 11 is 5.92. The highest BCUT2D eigenvalue weighted by Gasteiger charge is 2.22. The number of Topliss-reactive ketones (excluding diaryl/α,β-unsaturated/α-hetero) is 1. The fourth-order valence-corrected chi connectivity index (χ4v) is 1.73. The van der Waals surface area contributed by atoms with Gasteiger partial charge >= 0.3 is 5.97 Å². The Kier molecular flexibility index (Phi) is 5.04. The molecule has 18 heavy (non-hydrogen) atoms. The second-order valence-electron chi connectivity index (χ2n) is 3.62. The van der Waals surface area contributed by atoms with E-state index in [1.54, 1.807) is 19.1 Å². The van der Waals surface area contributed by atoms with E-state index >= 15 is 0 Å². The number of alkyl halides is 1. The first-order valence-electron chi connectivity index (χ1n) is 5.42. The quantitative estimate of drug-likeness (QED) is 0.468. The molecule has 0 radical (unpaired) electrons. The minimum atomic E-state index is -0.945. The molecule has 0 aliphatic heterocycles. The van der Waals surface area contributed by atoms with Crippen molar-refractivity contribution < 1.29 is 19.1 Å². The van der Waals surface area contributed by atoms with Crippen LogP contribution in [0.1, 0.15) is 45.5 Å². The summed E-state index contributed by atoms with van der Waals surface area (Å²) in [5, 5.41) is -0.945. The lowest BCUT2D eigenvalue weighted by Gasteiger charge is -2.12. The molecule has 1 rings (SSSR count). The molecule has 1 atom stereocenters. The van der Waals surface area contributed by atoms with Crippen LogP contribution >= 0.6 is 11.6 Å². The lowest BCUT2D eigenvalue weighted by molar-refractivity contribution is -0.116. The van der Waals surface area contributed by atoms with Crippen LogP contribution in [0.2, 0.25) is 0 Å². The van der Waals surface area contributed by atoms with E-state index in [-0.39, 0.29) is 23.5 Å². The van der Waals surface area contributed by atoms with E-state index in [1.807, 2.05) is 0 Å². The minimum absolute atomic E-state index is 0.103. The predicted octanol–water partition coefficient (Wildman–Crippen LogP) is 2.54. The highest BCUT2D eigenvalue weighted by molar-refractivity contribution is 6.31. The van der Waals surface area contributed by atoms with E-state index in [1.165, 1.54) is 13.0 Å². The molecule has 0 bridgehead atoms. The van der Waals surface area contributed by atoms with Gasteiger partial charge in [-0.15, -0.1) is 11.6 Å². The van der Waals surface area contributed by atoms with Crippen molar-refractivity contribution in [2.24, 2.45) is 0 Å². The molecule has 0 saturated carbocycles. The Bertz CT molecular complexity index is 482. The van der Waals surface area contributed by atoms with Crippen molar-refractivity contribution in [3.63, 3.8) is 0 Å². The third-order valence-corrected chi connectivity index (χ3v) is 2.93. The lowest BCUT2D eigenvalue weighted by Crippen LogP contribution is -2.12. The minimum Gasteiger partial charge on any atom is -0.462 e. The molecule has 96 valence electrons. The van der Waals surface area contributed by atoms with Crippen LogP contribution in [0, 0.1) is 0 Å². The number of ketones is 1. The maximum absolute atomic E-state index is 11.7. The first-order valence-corrected chi connectivity index (χ1v) is 5.86. The highest BCUT2D eigenvalue weighted by atomic mass is 35.5. The summed E-state index contributed by atoms with van der Waals surface area (Å²) in [6.07, 6.45) is 0.514. The SMILES string of the molecule is CCOC(=O)c1cccc(C(Cl)C(C)=O)c1C=O. The Morgan fingerprint density at radius 3 is 2.61 bits per heavy atom. The van der Waals surface area contributed by atoms with Gasteiger partial charge in [-0.1, -0.05) is 12.1 Å². The summed E-state index contributed by atoms with van der Waals surface area (Å²) in [6, 6.07) is 4.58. The summed E-state index contributed by atoms with van der Waals surface area (Å²) in [5.41, 5.74) is 0.548. The van der Waals surface area contributed by atoms with Gasteiger partial charge in [0, 0.05) is 5.56 Å². The number of benzene rings is 1. The van der Waals surface area contributed by atoms with Gasteiger partial charge in [0.05, 0.1) is 12.2 Å². The average Bonchev–Trinajstić information content (AvgIpc) is 2.36. The first kappa shape index (κ1) is 14.4. The Morgan fingerprint density at radius 1 is 1.44 bits per heavy atom. The second-order valence-corrected chi connectivity index (χ2v) is 4.06. The Morgan fingerprint density at radius 2 is 2.11 bits per heavy atom. The Labute approximate surface area is 110 Å². The summed E-state index contributed by atoms with van der Waals surface area (Å²) in [4.78, 5) is 34.0. The molecular formula is C13H13ClO4. The van der Waals surface area contributed by atoms with Crippen molar-refractivity contribution in [2.75, 3.05) is 6.61 Å². The molecule has 0 aliphatic carbocycles. The van der Waals surface area contributed by atoms with Crippen LogP contribution in [0.4, 0.5) is 0 Å². The maximum atomic E-state index is 11.7. The van der Waals surface area contributed by atoms with E-state index in [4.69, 9.17) is 16.3 Å². The van der Waals surface area contributed by atoms with Crippen LogP contribution in [0.3, 0.4) is 0 Å². The van der Waals surface area contributed by atoms with Crippen LogP contribution in [0.25, 0.3) is 0 Å². The van der Waals surface area contributed by atoms with E-state index < -0.39 is 11.3 Å². The van der Waals surface area contributed by atoms with Gasteiger partial charge in [-0.3, -0.25) is 9.59 Å². The average molecular weight is 269 g/mol. The largest absolute Gasteiger partial charge is 0.462 e. The van der Waals surface area contributed by atoms with Gasteiger partial charge in [0.15, 0.2) is 12.1 Å². The first-order chi connectivity index (χ1) is 8.52. The molecule has 0 heterocycles. The summed E-state index contributed by atoms with van der Waals surface area (Å²) in [6.45, 7) is 3.20. The molecule has 5 heteroatoms. The number of carbonyl (C=O) groups excluding carboxylic acids is 3. The molecule has 0 amide bonds. The van der Waals surface area contributed by atoms with E-state index in [0.29, 0.717) is 11.8 Å². The zero-order valence-electron chi connectivity index (χ0n) is 10.1. The molecule has 4 nitrogen and oxygen atoms in total. The molecule has 1 aromatic carbocycles. The number of hydrogen-bond acceptors (Lipinski definition) is 4. The molecule has 1 unspecified atom stereocenters. The molecule has 0 fully saturated rings. The van der Waals surface area contributed by atoms with Crippen LogP contribution in [-0.2, 0) is 9.53 Å². The van der Waals surface area contributed by atoms with Crippen LogP contribution in [0.5, 0.6) is 0 Å². The molecule has 0 saturated heterocycles. The van der Waals surface area contributed by atoms with Crippen LogP contribution < -0.4 is 0 Å². The lowest BCUT2D eigenvalue weighted by atomic mass is 9.98. The van der Waals surface area contributed by atoms with E-state index in [9.17, 15) is 14.4 Å². The summed E-state index contributed by atoms with van der Waals surface area (Å²) in [7, 11) is 0. The number of halogens is 1. The van der Waals surface area contributed by atoms with Crippen LogP contribution in [0.15, 0.2) is 18.2 Å². The van der Waals surface area contributed by atoms with Crippen molar-refractivity contribution in [1.29, 1.82) is 0 Å². The Hall–Kier alpha value is -1.68. The van der Waals surface area contributed by atoms with E-state index in [0.717, 1.165) is 0 Å². The summed E-state index contributed by atoms with van der Waals surface area (Å²) < 4.78 is 4.84. The van der Waals surface area contributed by atoms with Gasteiger partial charge in [0.1, 0.15) is 5.38 Å². The number of hydrogen-bond donors (Lipinski definition) is 0. The highest BCUT2D eigenvalue weighted by Crippen LogP contribution is 2.26. The molecular weight excluding hydrogens is 256 g/mol. The predicted molar refractivity (Wildman–Crippen MR) is 67.1 cm³/mol. The topological polar surface area (TPSA) is 60.4 Å². The molecule has 1 aromatic rings. The molecule has 0 spiro atoms. The van der Waals surface area contributed by atoms with Gasteiger partial charge in [-0.2, -0.15) is 0 Å². The molecule has 0 aliphatic rings. The number of aldehydes is 1. The van der Waals surface area contributed by atoms with Crippen molar-refractivity contribution in [3.8, 4) is 0 Å². The fourth-order valence-electron chi connectivity index (χ4n) is 1.54. The van der Waals surface area contributed by atoms with Gasteiger partial charge in [0.2, 0.25) is 0 Å². The van der Waals surface area contributed by atoms with Crippen molar-refractivity contribution in [2.45, 2.75) is 19.2 Å². The zero-order valence-corrected chi connectivity index (χ0v) is 10.9. The fraction of sp³-hybridized carbons (Fsp3) is 0.308. The van der Waals surface area contributed by atoms with Gasteiger partial charge in [-0.05, 0) is 25.5 Å². The van der Waals surface area contributed by atoms with Crippen molar-refractivity contribution in [3.05, 3.63) is 34.9 Å². The maximum Gasteiger partial charge on any atom is 0.338 e. The zero-order chi connectivity index (χ0) is 13.7. The summed E-state index contributed by atoms with van der Waals surface area (Å²) in [5.74, 6) is -0.894. The number of esters is 1. The number of ether oxygens (including phenoxy) is 1. The number of carbonyl (C=O) groups is 3. The smallest absolute Gasteiger partial charge is 0.338 e. The molecule has 0 N–H and O–H groups in total.